The van der Waals surface area contributed by atoms with E-state index in [2.05, 4.69) is 5.32 Å². The van der Waals surface area contributed by atoms with Gasteiger partial charge in [0.1, 0.15) is 0 Å². The summed E-state index contributed by atoms with van der Waals surface area (Å²) in [5.41, 5.74) is 0.526. The van der Waals surface area contributed by atoms with Crippen molar-refractivity contribution in [1.29, 1.82) is 0 Å². The number of aliphatic carboxylic acids is 1. The Balaban J connectivity index is 2.28. The molecule has 0 atom stereocenters. The zero-order chi connectivity index (χ0) is 15.7. The van der Waals surface area contributed by atoms with E-state index in [1.807, 2.05) is 19.0 Å². The molecular weight excluding hydrogens is 292 g/mol. The molecule has 1 amide bonds. The zero-order valence-corrected chi connectivity index (χ0v) is 13.0. The van der Waals surface area contributed by atoms with Crippen molar-refractivity contribution in [2.45, 2.75) is 0 Å². The molecule has 1 rings (SSSR count). The maximum Gasteiger partial charge on any atom is 0.328 e. The number of nitrogens with zero attached hydrogens (tertiary/aromatic N) is 1. The summed E-state index contributed by atoms with van der Waals surface area (Å²) >= 11 is 1.32. The summed E-state index contributed by atoms with van der Waals surface area (Å²) < 4.78 is 5.37. The SMILES string of the molecule is CN(C)CCOCCNC(=O)c1csc(/C=C/C(=O)O)c1. The molecule has 0 aliphatic rings. The first-order valence-electron chi connectivity index (χ1n) is 6.49. The molecule has 2 N–H and O–H groups in total. The van der Waals surface area contributed by atoms with E-state index in [9.17, 15) is 9.59 Å². The van der Waals surface area contributed by atoms with Crippen LogP contribution in [-0.4, -0.2) is 62.3 Å². The third-order valence-electron chi connectivity index (χ3n) is 2.49. The molecule has 1 aromatic rings. The second-order valence-corrected chi connectivity index (χ2v) is 5.52. The minimum Gasteiger partial charge on any atom is -0.478 e. The van der Waals surface area contributed by atoms with Crippen molar-refractivity contribution in [1.82, 2.24) is 10.2 Å². The topological polar surface area (TPSA) is 78.9 Å². The molecule has 0 aromatic carbocycles. The van der Waals surface area contributed by atoms with Crippen molar-refractivity contribution >= 4 is 29.3 Å². The van der Waals surface area contributed by atoms with E-state index in [1.54, 1.807) is 11.4 Å². The lowest BCUT2D eigenvalue weighted by Crippen LogP contribution is -2.28. The van der Waals surface area contributed by atoms with Gasteiger partial charge in [0.15, 0.2) is 0 Å². The van der Waals surface area contributed by atoms with Crippen LogP contribution in [0.15, 0.2) is 17.5 Å². The van der Waals surface area contributed by atoms with Crippen LogP contribution >= 0.6 is 11.3 Å². The Morgan fingerprint density at radius 1 is 1.43 bits per heavy atom. The first kappa shape index (κ1) is 17.4. The number of carboxylic acids is 1. The number of carbonyl (C=O) groups is 2. The van der Waals surface area contributed by atoms with Crippen LogP contribution in [0, 0.1) is 0 Å². The summed E-state index contributed by atoms with van der Waals surface area (Å²) in [6, 6.07) is 1.66. The van der Waals surface area contributed by atoms with Gasteiger partial charge < -0.3 is 20.1 Å². The van der Waals surface area contributed by atoms with Gasteiger partial charge in [0, 0.05) is 29.4 Å². The molecule has 0 saturated carbocycles. The van der Waals surface area contributed by atoms with Crippen LogP contribution < -0.4 is 5.32 Å². The molecule has 1 aromatic heterocycles. The average molecular weight is 312 g/mol. The number of hydrogen-bond acceptors (Lipinski definition) is 5. The molecule has 0 aliphatic carbocycles. The zero-order valence-electron chi connectivity index (χ0n) is 12.2. The van der Waals surface area contributed by atoms with Gasteiger partial charge in [-0.3, -0.25) is 4.79 Å². The van der Waals surface area contributed by atoms with Gasteiger partial charge in [-0.2, -0.15) is 0 Å². The number of carbonyl (C=O) groups excluding carboxylic acids is 1. The molecule has 0 aliphatic heterocycles. The lowest BCUT2D eigenvalue weighted by atomic mass is 10.3. The van der Waals surface area contributed by atoms with Crippen molar-refractivity contribution in [3.8, 4) is 0 Å². The molecule has 116 valence electrons. The van der Waals surface area contributed by atoms with Gasteiger partial charge in [-0.1, -0.05) is 0 Å². The van der Waals surface area contributed by atoms with Crippen molar-refractivity contribution in [2.24, 2.45) is 0 Å². The first-order valence-corrected chi connectivity index (χ1v) is 7.37. The number of nitrogens with one attached hydrogen (secondary N) is 1. The van der Waals surface area contributed by atoms with Gasteiger partial charge in [-0.05, 0) is 26.2 Å². The summed E-state index contributed by atoms with van der Waals surface area (Å²) in [6.07, 6.45) is 2.51. The lowest BCUT2D eigenvalue weighted by Gasteiger charge is -2.10. The molecule has 0 bridgehead atoms. The number of carboxylic acid groups (broad SMARTS) is 1. The van der Waals surface area contributed by atoms with Crippen molar-refractivity contribution in [2.75, 3.05) is 40.4 Å². The van der Waals surface area contributed by atoms with Crippen molar-refractivity contribution in [3.63, 3.8) is 0 Å². The van der Waals surface area contributed by atoms with Gasteiger partial charge in [-0.15, -0.1) is 11.3 Å². The maximum absolute atomic E-state index is 11.8. The molecule has 6 nitrogen and oxygen atoms in total. The Morgan fingerprint density at radius 3 is 2.86 bits per heavy atom. The monoisotopic (exact) mass is 312 g/mol. The molecular formula is C14H20N2O4S. The van der Waals surface area contributed by atoms with E-state index in [1.165, 1.54) is 17.4 Å². The highest BCUT2D eigenvalue weighted by atomic mass is 32.1. The van der Waals surface area contributed by atoms with Crippen LogP contribution in [0.25, 0.3) is 6.08 Å². The van der Waals surface area contributed by atoms with Crippen LogP contribution in [0.1, 0.15) is 15.2 Å². The lowest BCUT2D eigenvalue weighted by molar-refractivity contribution is -0.131. The van der Waals surface area contributed by atoms with Crippen LogP contribution in [0.5, 0.6) is 0 Å². The number of rotatable bonds is 9. The fourth-order valence-corrected chi connectivity index (χ4v) is 2.18. The maximum atomic E-state index is 11.8. The number of hydrogen-bond donors (Lipinski definition) is 2. The first-order chi connectivity index (χ1) is 9.99. The molecule has 1 heterocycles. The molecule has 0 saturated heterocycles. The van der Waals surface area contributed by atoms with E-state index in [0.29, 0.717) is 25.3 Å². The van der Waals surface area contributed by atoms with Crippen LogP contribution in [0.2, 0.25) is 0 Å². The second kappa shape index (κ2) is 9.28. The normalized spacial score (nSPS) is 11.2. The van der Waals surface area contributed by atoms with Gasteiger partial charge in [0.25, 0.3) is 5.91 Å². The fourth-order valence-electron chi connectivity index (χ4n) is 1.40. The Morgan fingerprint density at radius 2 is 2.19 bits per heavy atom. The minimum atomic E-state index is -1.01. The highest BCUT2D eigenvalue weighted by Gasteiger charge is 2.07. The van der Waals surface area contributed by atoms with Crippen LogP contribution in [-0.2, 0) is 9.53 Å². The smallest absolute Gasteiger partial charge is 0.328 e. The number of thiophene rings is 1. The Bertz CT molecular complexity index is 497. The quantitative estimate of drug-likeness (QED) is 0.528. The standard InChI is InChI=1S/C14H20N2O4S/c1-16(2)6-8-20-7-5-15-14(19)11-9-12(21-10-11)3-4-13(17)18/h3-4,9-10H,5-8H2,1-2H3,(H,15,19)(H,17,18)/b4-3+. The van der Waals surface area contributed by atoms with E-state index in [4.69, 9.17) is 9.84 Å². The van der Waals surface area contributed by atoms with E-state index in [-0.39, 0.29) is 5.91 Å². The predicted molar refractivity (Wildman–Crippen MR) is 82.7 cm³/mol. The van der Waals surface area contributed by atoms with Gasteiger partial charge in [0.05, 0.1) is 18.8 Å². The Labute approximate surface area is 128 Å². The highest BCUT2D eigenvalue weighted by Crippen LogP contribution is 2.16. The second-order valence-electron chi connectivity index (χ2n) is 4.58. The molecule has 0 radical (unpaired) electrons. The molecule has 0 fully saturated rings. The fraction of sp³-hybridized carbons (Fsp3) is 0.429. The highest BCUT2D eigenvalue weighted by molar-refractivity contribution is 7.11. The third kappa shape index (κ3) is 7.60. The molecule has 0 unspecified atom stereocenters. The van der Waals surface area contributed by atoms with E-state index < -0.39 is 5.97 Å². The van der Waals surface area contributed by atoms with Gasteiger partial charge >= 0.3 is 5.97 Å². The summed E-state index contributed by atoms with van der Waals surface area (Å²) in [5, 5.41) is 13.0. The molecule has 21 heavy (non-hydrogen) atoms. The summed E-state index contributed by atoms with van der Waals surface area (Å²) in [6.45, 7) is 2.39. The van der Waals surface area contributed by atoms with Crippen LogP contribution in [0.4, 0.5) is 0 Å². The minimum absolute atomic E-state index is 0.183. The van der Waals surface area contributed by atoms with Gasteiger partial charge in [-0.25, -0.2) is 4.79 Å². The molecule has 7 heteroatoms. The summed E-state index contributed by atoms with van der Waals surface area (Å²) in [4.78, 5) is 25.0. The Kier molecular flexibility index (Phi) is 7.66. The Hall–Kier alpha value is -1.70. The largest absolute Gasteiger partial charge is 0.478 e. The predicted octanol–water partition coefficient (Wildman–Crippen LogP) is 1.15. The van der Waals surface area contributed by atoms with Crippen LogP contribution in [0.3, 0.4) is 0 Å². The van der Waals surface area contributed by atoms with E-state index in [0.717, 1.165) is 17.5 Å². The number of ether oxygens (including phenoxy) is 1. The summed E-state index contributed by atoms with van der Waals surface area (Å²) in [7, 11) is 3.94. The van der Waals surface area contributed by atoms with E-state index >= 15 is 0 Å². The van der Waals surface area contributed by atoms with Gasteiger partial charge in [0.2, 0.25) is 0 Å². The average Bonchev–Trinajstić information content (AvgIpc) is 2.88. The molecule has 0 spiro atoms. The third-order valence-corrected chi connectivity index (χ3v) is 3.38. The summed E-state index contributed by atoms with van der Waals surface area (Å²) in [5.74, 6) is -1.19. The number of amides is 1. The van der Waals surface area contributed by atoms with Crippen molar-refractivity contribution < 1.29 is 19.4 Å². The van der Waals surface area contributed by atoms with Crippen molar-refractivity contribution in [3.05, 3.63) is 28.0 Å². The number of likely N-dealkylation sites (N-methyl/N-ethyl adjacent to an activating group) is 1.